The van der Waals surface area contributed by atoms with E-state index < -0.39 is 0 Å². The first-order valence-electron chi connectivity index (χ1n) is 16.1. The van der Waals surface area contributed by atoms with Gasteiger partial charge in [-0.25, -0.2) is 0 Å². The van der Waals surface area contributed by atoms with Gasteiger partial charge in [0.25, 0.3) is 0 Å². The van der Waals surface area contributed by atoms with Crippen molar-refractivity contribution < 1.29 is 30.6 Å². The summed E-state index contributed by atoms with van der Waals surface area (Å²) in [6.45, 7) is 20.7. The van der Waals surface area contributed by atoms with Crippen molar-refractivity contribution in [2.45, 2.75) is 45.6 Å². The standard InChI is InChI=1S/C22H28N3O.3C7H7.Hf/c1-14(2)16-9-8-10-17(15(3)4)21(16)19-13-24-22(23)25(19)18-11-6-7-12-20(18)26-5;3*1-7-5-3-2-4-6-7;/h6-12,14-15,19H,13H2,1-5H3,(H-,23,24);3*2-6H,1H2;/q4*-1;+4. The van der Waals surface area contributed by atoms with Crippen LogP contribution in [0.4, 0.5) is 5.69 Å². The molecule has 5 aromatic rings. The molecule has 1 heterocycles. The molecule has 1 atom stereocenters. The van der Waals surface area contributed by atoms with E-state index in [1.54, 1.807) is 7.11 Å². The molecule has 246 valence electrons. The molecule has 6 rings (SSSR count). The number of rotatable bonds is 5. The monoisotopic (exact) mass is 803 g/mol. The molecule has 48 heavy (non-hydrogen) atoms. The molecule has 1 aliphatic heterocycles. The topological polar surface area (TPSA) is 46.8 Å². The number of hydrogen-bond acceptors (Lipinski definition) is 1. The first-order chi connectivity index (χ1) is 22.6. The second-order valence-corrected chi connectivity index (χ2v) is 11.9. The van der Waals surface area contributed by atoms with E-state index in [4.69, 9.17) is 4.74 Å². The molecule has 0 radical (unpaired) electrons. The van der Waals surface area contributed by atoms with Crippen molar-refractivity contribution in [2.24, 2.45) is 0 Å². The van der Waals surface area contributed by atoms with Crippen LogP contribution in [0.5, 0.6) is 5.75 Å². The van der Waals surface area contributed by atoms with E-state index >= 15 is 0 Å². The summed E-state index contributed by atoms with van der Waals surface area (Å²) in [5, 5.41) is 13.8. The molecule has 5 aromatic carbocycles. The quantitative estimate of drug-likeness (QED) is 0.142. The number of methoxy groups -OCH3 is 1. The van der Waals surface area contributed by atoms with E-state index in [9.17, 15) is 5.41 Å². The Balaban J connectivity index is 0.000000292. The zero-order valence-electron chi connectivity index (χ0n) is 29.1. The van der Waals surface area contributed by atoms with Gasteiger partial charge in [-0.3, -0.25) is 0 Å². The summed E-state index contributed by atoms with van der Waals surface area (Å²) in [6.07, 6.45) is 0. The van der Waals surface area contributed by atoms with Crippen LogP contribution in [0.1, 0.15) is 79.0 Å². The minimum absolute atomic E-state index is 0. The first-order valence-corrected chi connectivity index (χ1v) is 16.1. The molecule has 5 heteroatoms. The predicted octanol–water partition coefficient (Wildman–Crippen LogP) is 10.6. The fraction of sp³-hybridized carbons (Fsp3) is 0.209. The summed E-state index contributed by atoms with van der Waals surface area (Å²) >= 11 is 0. The van der Waals surface area contributed by atoms with Crippen molar-refractivity contribution in [3.05, 3.63) is 193 Å². The zero-order valence-corrected chi connectivity index (χ0v) is 32.7. The maximum atomic E-state index is 10.6. The van der Waals surface area contributed by atoms with Crippen molar-refractivity contribution in [3.8, 4) is 5.75 Å². The Morgan fingerprint density at radius 3 is 1.38 bits per heavy atom. The average Bonchev–Trinajstić information content (AvgIpc) is 3.46. The molecule has 4 nitrogen and oxygen atoms in total. The number of nitrogens with zero attached hydrogens (tertiary/aromatic N) is 2. The van der Waals surface area contributed by atoms with Crippen LogP contribution in [0.25, 0.3) is 5.41 Å². The molecule has 0 aromatic heterocycles. The Hall–Kier alpha value is -4.35. The molecule has 0 saturated carbocycles. The van der Waals surface area contributed by atoms with E-state index in [0.29, 0.717) is 18.4 Å². The zero-order chi connectivity index (χ0) is 34.2. The molecule has 0 bridgehead atoms. The molecule has 1 unspecified atom stereocenters. The van der Waals surface area contributed by atoms with Gasteiger partial charge >= 0.3 is 25.8 Å². The van der Waals surface area contributed by atoms with Gasteiger partial charge in [0.15, 0.2) is 0 Å². The van der Waals surface area contributed by atoms with Gasteiger partial charge in [0, 0.05) is 17.7 Å². The van der Waals surface area contributed by atoms with Crippen molar-refractivity contribution >= 4 is 11.6 Å². The van der Waals surface area contributed by atoms with E-state index in [2.05, 4.69) is 72.0 Å². The van der Waals surface area contributed by atoms with Gasteiger partial charge in [-0.1, -0.05) is 76.2 Å². The number of guanidine groups is 1. The summed E-state index contributed by atoms with van der Waals surface area (Å²) < 4.78 is 5.55. The van der Waals surface area contributed by atoms with Crippen LogP contribution in [0.2, 0.25) is 0 Å². The van der Waals surface area contributed by atoms with Gasteiger partial charge in [0.1, 0.15) is 5.75 Å². The molecule has 0 aliphatic carbocycles. The molecule has 0 spiro atoms. The predicted molar refractivity (Wildman–Crippen MR) is 202 cm³/mol. The number of ether oxygens (including phenoxy) is 1. The Morgan fingerprint density at radius 2 is 1.02 bits per heavy atom. The van der Waals surface area contributed by atoms with Crippen LogP contribution in [0.15, 0.2) is 133 Å². The van der Waals surface area contributed by atoms with Gasteiger partial charge in [0.2, 0.25) is 0 Å². The van der Waals surface area contributed by atoms with Gasteiger partial charge in [-0.15, -0.1) is 36.4 Å². The number of para-hydroxylation sites is 2. The second kappa shape index (κ2) is 20.8. The molecular formula is C43H49HfN3O. The number of anilines is 1. The smallest absolute Gasteiger partial charge is 0.496 e. The molecule has 0 amide bonds. The molecular weight excluding hydrogens is 753 g/mol. The van der Waals surface area contributed by atoms with Crippen molar-refractivity contribution in [3.63, 3.8) is 0 Å². The van der Waals surface area contributed by atoms with Crippen LogP contribution >= 0.6 is 0 Å². The van der Waals surface area contributed by atoms with Crippen LogP contribution < -0.4 is 15.0 Å². The maximum Gasteiger partial charge on any atom is 4.00 e. The van der Waals surface area contributed by atoms with Crippen molar-refractivity contribution in [1.29, 1.82) is 0 Å². The van der Waals surface area contributed by atoms with E-state index in [-0.39, 0.29) is 37.8 Å². The SMILES string of the molecule is COc1ccccc1N1C(=[N-])NCC1c1c(C(C)C)cccc1C(C)C.[CH2-]c1ccccc1.[CH2-]c1ccccc1.[CH2-]c1ccccc1.[Hf+4]. The van der Waals surface area contributed by atoms with Crippen LogP contribution in [-0.4, -0.2) is 19.6 Å². The molecule has 1 saturated heterocycles. The second-order valence-electron chi connectivity index (χ2n) is 11.9. The third-order valence-electron chi connectivity index (χ3n) is 7.62. The fourth-order valence-corrected chi connectivity index (χ4v) is 5.28. The number of benzene rings is 5. The van der Waals surface area contributed by atoms with E-state index in [1.807, 2.05) is 120 Å². The Bertz CT molecular complexity index is 1510. The Labute approximate surface area is 308 Å². The fourth-order valence-electron chi connectivity index (χ4n) is 5.28. The summed E-state index contributed by atoms with van der Waals surface area (Å²) in [6, 6.07) is 44.0. The van der Waals surface area contributed by atoms with E-state index in [1.165, 1.54) is 16.7 Å². The van der Waals surface area contributed by atoms with Crippen molar-refractivity contribution in [2.75, 3.05) is 18.6 Å². The third-order valence-corrected chi connectivity index (χ3v) is 7.62. The molecule has 1 aliphatic rings. The minimum atomic E-state index is 0. The average molecular weight is 802 g/mol. The van der Waals surface area contributed by atoms with Crippen LogP contribution in [0.3, 0.4) is 0 Å². The van der Waals surface area contributed by atoms with Gasteiger partial charge in [-0.2, -0.15) is 73.9 Å². The van der Waals surface area contributed by atoms with Gasteiger partial charge in [0.05, 0.1) is 7.11 Å². The summed E-state index contributed by atoms with van der Waals surface area (Å²) in [5.41, 5.74) is 8.05. The third kappa shape index (κ3) is 12.0. The Kier molecular flexibility index (Phi) is 17.3. The number of hydrogen-bond donors (Lipinski definition) is 1. The number of nitrogens with one attached hydrogen (secondary N) is 1. The minimum Gasteiger partial charge on any atom is -0.496 e. The van der Waals surface area contributed by atoms with Crippen molar-refractivity contribution in [1.82, 2.24) is 5.32 Å². The van der Waals surface area contributed by atoms with Crippen LogP contribution in [0, 0.1) is 20.8 Å². The molecule has 1 fully saturated rings. The maximum absolute atomic E-state index is 10.6. The molecule has 1 N–H and O–H groups in total. The largest absolute Gasteiger partial charge is 4.00 e. The summed E-state index contributed by atoms with van der Waals surface area (Å²) in [7, 11) is 1.66. The first kappa shape index (κ1) is 39.8. The van der Waals surface area contributed by atoms with E-state index in [0.717, 1.165) is 28.1 Å². The van der Waals surface area contributed by atoms with Crippen LogP contribution in [-0.2, 0) is 25.8 Å². The van der Waals surface area contributed by atoms with Gasteiger partial charge < -0.3 is 20.4 Å². The summed E-state index contributed by atoms with van der Waals surface area (Å²) in [5.74, 6) is 1.74. The summed E-state index contributed by atoms with van der Waals surface area (Å²) in [4.78, 5) is 1.96. The van der Waals surface area contributed by atoms with Gasteiger partial charge in [-0.05, 0) is 47.2 Å². The normalized spacial score (nSPS) is 13.0. The Morgan fingerprint density at radius 1 is 0.625 bits per heavy atom.